The molecule has 3 N–H and O–H groups in total. The van der Waals surface area contributed by atoms with Gasteiger partial charge in [-0.25, -0.2) is 0 Å². The van der Waals surface area contributed by atoms with Crippen molar-refractivity contribution in [2.45, 2.75) is 26.3 Å². The lowest BCUT2D eigenvalue weighted by Gasteiger charge is -2.03. The molecule has 1 amide bonds. The summed E-state index contributed by atoms with van der Waals surface area (Å²) in [6.45, 7) is 2.76. The summed E-state index contributed by atoms with van der Waals surface area (Å²) in [5.74, 6) is -0.271. The lowest BCUT2D eigenvalue weighted by Crippen LogP contribution is -2.11. The smallest absolute Gasteiger partial charge is 0.217 e. The molecule has 1 heterocycles. The predicted molar refractivity (Wildman–Crippen MR) is 70.3 cm³/mol. The molecule has 4 nitrogen and oxygen atoms in total. The molecule has 90 valence electrons. The highest BCUT2D eigenvalue weighted by Crippen LogP contribution is 2.16. The standard InChI is InChI=1S/C12H15N3OS/c1-8-4-5-9-10(7-8)15(12(17)14-9)6-2-3-11(13)16/h4-5,7H,2-3,6H2,1H3,(H2,13,16)(H,14,17). The highest BCUT2D eigenvalue weighted by molar-refractivity contribution is 7.71. The minimum atomic E-state index is -0.271. The van der Waals surface area contributed by atoms with Crippen molar-refractivity contribution in [1.29, 1.82) is 0 Å². The maximum Gasteiger partial charge on any atom is 0.217 e. The summed E-state index contributed by atoms with van der Waals surface area (Å²) in [7, 11) is 0. The zero-order valence-electron chi connectivity index (χ0n) is 9.69. The number of nitrogens with one attached hydrogen (secondary N) is 1. The van der Waals surface area contributed by atoms with Crippen LogP contribution in [0, 0.1) is 11.7 Å². The number of carbonyl (C=O) groups is 1. The molecule has 0 spiro atoms. The van der Waals surface area contributed by atoms with Crippen LogP contribution in [0.2, 0.25) is 0 Å². The first kappa shape index (κ1) is 11.9. The van der Waals surface area contributed by atoms with Crippen LogP contribution >= 0.6 is 12.2 Å². The number of fused-ring (bicyclic) bond motifs is 1. The minimum Gasteiger partial charge on any atom is -0.370 e. The fourth-order valence-corrected chi connectivity index (χ4v) is 2.20. The molecule has 0 saturated heterocycles. The van der Waals surface area contributed by atoms with Gasteiger partial charge in [-0.2, -0.15) is 0 Å². The van der Waals surface area contributed by atoms with Gasteiger partial charge in [-0.3, -0.25) is 4.79 Å². The van der Waals surface area contributed by atoms with E-state index in [9.17, 15) is 4.79 Å². The van der Waals surface area contributed by atoms with Gasteiger partial charge in [0.15, 0.2) is 4.77 Å². The van der Waals surface area contributed by atoms with E-state index in [0.717, 1.165) is 11.0 Å². The summed E-state index contributed by atoms with van der Waals surface area (Å²) >= 11 is 5.27. The van der Waals surface area contributed by atoms with Gasteiger partial charge < -0.3 is 15.3 Å². The first-order chi connectivity index (χ1) is 8.08. The van der Waals surface area contributed by atoms with Crippen LogP contribution in [0.3, 0.4) is 0 Å². The molecule has 0 aliphatic carbocycles. The molecule has 17 heavy (non-hydrogen) atoms. The van der Waals surface area contributed by atoms with Crippen molar-refractivity contribution in [3.63, 3.8) is 0 Å². The average molecular weight is 249 g/mol. The second-order valence-electron chi connectivity index (χ2n) is 4.17. The lowest BCUT2D eigenvalue weighted by molar-refractivity contribution is -0.118. The summed E-state index contributed by atoms with van der Waals surface area (Å²) in [6, 6.07) is 6.15. The van der Waals surface area contributed by atoms with Crippen molar-refractivity contribution in [3.8, 4) is 0 Å². The topological polar surface area (TPSA) is 63.8 Å². The number of hydrogen-bond donors (Lipinski definition) is 2. The highest BCUT2D eigenvalue weighted by Gasteiger charge is 2.04. The van der Waals surface area contributed by atoms with E-state index >= 15 is 0 Å². The number of primary amides is 1. The number of benzene rings is 1. The molecular weight excluding hydrogens is 234 g/mol. The summed E-state index contributed by atoms with van der Waals surface area (Å²) in [6.07, 6.45) is 1.10. The number of aromatic nitrogens is 2. The Bertz CT molecular complexity index is 612. The number of nitrogens with zero attached hydrogens (tertiary/aromatic N) is 1. The molecule has 0 aliphatic rings. The van der Waals surface area contributed by atoms with Crippen molar-refractivity contribution in [2.75, 3.05) is 0 Å². The van der Waals surface area contributed by atoms with E-state index in [-0.39, 0.29) is 5.91 Å². The maximum absolute atomic E-state index is 10.7. The van der Waals surface area contributed by atoms with E-state index in [1.54, 1.807) is 0 Å². The first-order valence-electron chi connectivity index (χ1n) is 5.55. The van der Waals surface area contributed by atoms with E-state index < -0.39 is 0 Å². The Morgan fingerprint density at radius 1 is 1.53 bits per heavy atom. The third-order valence-electron chi connectivity index (χ3n) is 2.74. The number of aromatic amines is 1. The number of imidazole rings is 1. The normalized spacial score (nSPS) is 10.9. The van der Waals surface area contributed by atoms with Gasteiger partial charge in [0.1, 0.15) is 0 Å². The van der Waals surface area contributed by atoms with Crippen LogP contribution < -0.4 is 5.73 Å². The van der Waals surface area contributed by atoms with E-state index in [1.807, 2.05) is 23.6 Å². The van der Waals surface area contributed by atoms with Crippen LogP contribution in [0.1, 0.15) is 18.4 Å². The molecule has 0 aliphatic heterocycles. The minimum absolute atomic E-state index is 0.271. The Morgan fingerprint density at radius 2 is 2.29 bits per heavy atom. The van der Waals surface area contributed by atoms with Gasteiger partial charge in [0.05, 0.1) is 11.0 Å². The highest BCUT2D eigenvalue weighted by atomic mass is 32.1. The number of carbonyl (C=O) groups excluding carboxylic acids is 1. The third kappa shape index (κ3) is 2.55. The zero-order valence-corrected chi connectivity index (χ0v) is 10.5. The van der Waals surface area contributed by atoms with E-state index in [2.05, 4.69) is 11.1 Å². The van der Waals surface area contributed by atoms with Crippen LogP contribution in [0.5, 0.6) is 0 Å². The van der Waals surface area contributed by atoms with Crippen LogP contribution in [0.4, 0.5) is 0 Å². The molecule has 0 atom stereocenters. The number of rotatable bonds is 4. The largest absolute Gasteiger partial charge is 0.370 e. The van der Waals surface area contributed by atoms with E-state index in [0.29, 0.717) is 24.2 Å². The van der Waals surface area contributed by atoms with Gasteiger partial charge in [0, 0.05) is 13.0 Å². The van der Waals surface area contributed by atoms with Crippen LogP contribution in [-0.2, 0) is 11.3 Å². The molecule has 0 fully saturated rings. The zero-order chi connectivity index (χ0) is 12.4. The SMILES string of the molecule is Cc1ccc2[nH]c(=S)n(CCCC(N)=O)c2c1. The number of nitrogens with two attached hydrogens (primary N) is 1. The fourth-order valence-electron chi connectivity index (χ4n) is 1.90. The monoisotopic (exact) mass is 249 g/mol. The predicted octanol–water partition coefficient (Wildman–Crippen LogP) is 2.27. The van der Waals surface area contributed by atoms with Crippen molar-refractivity contribution in [3.05, 3.63) is 28.5 Å². The Hall–Kier alpha value is -1.62. The lowest BCUT2D eigenvalue weighted by atomic mass is 10.2. The second kappa shape index (κ2) is 4.71. The van der Waals surface area contributed by atoms with E-state index in [4.69, 9.17) is 18.0 Å². The fraction of sp³-hybridized carbons (Fsp3) is 0.333. The quantitative estimate of drug-likeness (QED) is 0.816. The van der Waals surface area contributed by atoms with E-state index in [1.165, 1.54) is 5.56 Å². The van der Waals surface area contributed by atoms with Crippen molar-refractivity contribution in [2.24, 2.45) is 5.73 Å². The molecule has 0 unspecified atom stereocenters. The molecular formula is C12H15N3OS. The Labute approximate surface area is 104 Å². The summed E-state index contributed by atoms with van der Waals surface area (Å²) in [4.78, 5) is 13.9. The van der Waals surface area contributed by atoms with Crippen molar-refractivity contribution >= 4 is 29.2 Å². The Balaban J connectivity index is 2.32. The number of amides is 1. The van der Waals surface area contributed by atoms with Gasteiger partial charge in [0.25, 0.3) is 0 Å². The maximum atomic E-state index is 10.7. The third-order valence-corrected chi connectivity index (χ3v) is 3.06. The number of H-pyrrole nitrogens is 1. The average Bonchev–Trinajstić information content (AvgIpc) is 2.55. The summed E-state index contributed by atoms with van der Waals surface area (Å²) < 4.78 is 2.70. The summed E-state index contributed by atoms with van der Waals surface area (Å²) in [5.41, 5.74) is 8.42. The molecule has 0 saturated carbocycles. The van der Waals surface area contributed by atoms with Gasteiger partial charge in [0.2, 0.25) is 5.91 Å². The van der Waals surface area contributed by atoms with Gasteiger partial charge >= 0.3 is 0 Å². The molecule has 0 radical (unpaired) electrons. The molecule has 5 heteroatoms. The molecule has 1 aromatic heterocycles. The van der Waals surface area contributed by atoms with Crippen molar-refractivity contribution in [1.82, 2.24) is 9.55 Å². The van der Waals surface area contributed by atoms with Gasteiger partial charge in [-0.05, 0) is 43.3 Å². The van der Waals surface area contributed by atoms with Crippen LogP contribution in [0.15, 0.2) is 18.2 Å². The van der Waals surface area contributed by atoms with Gasteiger partial charge in [-0.1, -0.05) is 6.07 Å². The molecule has 2 aromatic rings. The Morgan fingerprint density at radius 3 is 3.00 bits per heavy atom. The van der Waals surface area contributed by atoms with Crippen molar-refractivity contribution < 1.29 is 4.79 Å². The summed E-state index contributed by atoms with van der Waals surface area (Å²) in [5, 5.41) is 0. The first-order valence-corrected chi connectivity index (χ1v) is 5.96. The van der Waals surface area contributed by atoms with Crippen LogP contribution in [-0.4, -0.2) is 15.5 Å². The Kier molecular flexibility index (Phi) is 3.28. The molecule has 0 bridgehead atoms. The number of aryl methyl sites for hydroxylation is 2. The van der Waals surface area contributed by atoms with Gasteiger partial charge in [-0.15, -0.1) is 0 Å². The molecule has 1 aromatic carbocycles. The molecule has 2 rings (SSSR count). The van der Waals surface area contributed by atoms with Crippen LogP contribution in [0.25, 0.3) is 11.0 Å². The number of hydrogen-bond acceptors (Lipinski definition) is 2. The second-order valence-corrected chi connectivity index (χ2v) is 4.56.